The Morgan fingerprint density at radius 1 is 1.10 bits per heavy atom. The molecule has 1 aromatic heterocycles. The highest BCUT2D eigenvalue weighted by Crippen LogP contribution is 2.25. The summed E-state index contributed by atoms with van der Waals surface area (Å²) in [5.41, 5.74) is 1.43. The van der Waals surface area contributed by atoms with Gasteiger partial charge in [0.25, 0.3) is 5.91 Å². The Labute approximate surface area is 172 Å². The number of benzene rings is 2. The van der Waals surface area contributed by atoms with Crippen molar-refractivity contribution >= 4 is 35.2 Å². The van der Waals surface area contributed by atoms with Gasteiger partial charge in [-0.15, -0.1) is 0 Å². The van der Waals surface area contributed by atoms with E-state index in [9.17, 15) is 14.9 Å². The third-order valence-corrected chi connectivity index (χ3v) is 4.32. The van der Waals surface area contributed by atoms with Crippen LogP contribution in [-0.4, -0.2) is 19.0 Å². The monoisotopic (exact) mass is 406 g/mol. The van der Waals surface area contributed by atoms with Crippen LogP contribution < -0.4 is 5.32 Å². The molecule has 29 heavy (non-hydrogen) atoms. The van der Waals surface area contributed by atoms with Gasteiger partial charge in [-0.3, -0.25) is 4.79 Å². The molecule has 0 aliphatic rings. The first kappa shape index (κ1) is 19.9. The molecule has 0 fully saturated rings. The lowest BCUT2D eigenvalue weighted by molar-refractivity contribution is -0.112. The number of para-hydroxylation sites is 1. The Kier molecular flexibility index (Phi) is 6.12. The van der Waals surface area contributed by atoms with Gasteiger partial charge in [0, 0.05) is 11.6 Å². The second kappa shape index (κ2) is 8.91. The van der Waals surface area contributed by atoms with E-state index in [1.807, 2.05) is 6.07 Å². The summed E-state index contributed by atoms with van der Waals surface area (Å²) in [5, 5.41) is 12.3. The molecule has 2 aromatic carbocycles. The molecule has 0 atom stereocenters. The molecule has 0 aliphatic carbocycles. The number of amides is 1. The predicted octanol–water partition coefficient (Wildman–Crippen LogP) is 4.93. The predicted molar refractivity (Wildman–Crippen MR) is 109 cm³/mol. The molecule has 0 saturated heterocycles. The lowest BCUT2D eigenvalue weighted by Gasteiger charge is -2.05. The summed E-state index contributed by atoms with van der Waals surface area (Å²) in [6.45, 7) is 0. The lowest BCUT2D eigenvalue weighted by atomic mass is 10.1. The normalized spacial score (nSPS) is 10.9. The molecule has 7 heteroatoms. The Hall–Kier alpha value is -3.82. The summed E-state index contributed by atoms with van der Waals surface area (Å²) in [5.74, 6) is -0.164. The van der Waals surface area contributed by atoms with E-state index in [0.717, 1.165) is 5.56 Å². The van der Waals surface area contributed by atoms with Crippen LogP contribution in [0.2, 0.25) is 5.02 Å². The van der Waals surface area contributed by atoms with E-state index in [0.29, 0.717) is 27.8 Å². The van der Waals surface area contributed by atoms with Crippen LogP contribution in [-0.2, 0) is 9.53 Å². The van der Waals surface area contributed by atoms with Gasteiger partial charge in [0.1, 0.15) is 23.2 Å². The van der Waals surface area contributed by atoms with Crippen molar-refractivity contribution in [1.29, 1.82) is 5.26 Å². The number of methoxy groups -OCH3 is 1. The van der Waals surface area contributed by atoms with Crippen LogP contribution in [0.3, 0.4) is 0 Å². The van der Waals surface area contributed by atoms with Crippen LogP contribution in [0.5, 0.6) is 0 Å². The number of carbonyl (C=O) groups is 2. The van der Waals surface area contributed by atoms with Gasteiger partial charge in [-0.25, -0.2) is 4.79 Å². The molecule has 0 aliphatic heterocycles. The van der Waals surface area contributed by atoms with E-state index < -0.39 is 11.9 Å². The quantitative estimate of drug-likeness (QED) is 0.368. The van der Waals surface area contributed by atoms with E-state index >= 15 is 0 Å². The van der Waals surface area contributed by atoms with Gasteiger partial charge in [-0.05, 0) is 36.4 Å². The van der Waals surface area contributed by atoms with Crippen LogP contribution in [0.15, 0.2) is 70.7 Å². The van der Waals surface area contributed by atoms with Crippen molar-refractivity contribution in [1.82, 2.24) is 0 Å². The number of ether oxygens (including phenoxy) is 1. The van der Waals surface area contributed by atoms with E-state index in [4.69, 9.17) is 16.0 Å². The van der Waals surface area contributed by atoms with E-state index in [1.165, 1.54) is 13.2 Å². The summed E-state index contributed by atoms with van der Waals surface area (Å²) in [4.78, 5) is 23.9. The zero-order valence-electron chi connectivity index (χ0n) is 15.3. The summed E-state index contributed by atoms with van der Waals surface area (Å²) >= 11 is 6.02. The van der Waals surface area contributed by atoms with Crippen molar-refractivity contribution in [2.45, 2.75) is 0 Å². The third-order valence-electron chi connectivity index (χ3n) is 3.99. The van der Waals surface area contributed by atoms with Crippen molar-refractivity contribution in [3.05, 3.63) is 82.6 Å². The Bertz CT molecular complexity index is 1120. The van der Waals surface area contributed by atoms with Gasteiger partial charge in [0.2, 0.25) is 0 Å². The number of carbonyl (C=O) groups excluding carboxylic acids is 2. The number of halogens is 1. The third kappa shape index (κ3) is 4.72. The molecule has 0 bridgehead atoms. The maximum atomic E-state index is 12.4. The first-order chi connectivity index (χ1) is 14.0. The minimum absolute atomic E-state index is 0.133. The molecule has 3 rings (SSSR count). The molecule has 144 valence electrons. The Morgan fingerprint density at radius 3 is 2.48 bits per heavy atom. The fourth-order valence-electron chi connectivity index (χ4n) is 2.52. The maximum absolute atomic E-state index is 12.4. The van der Waals surface area contributed by atoms with E-state index in [-0.39, 0.29) is 5.57 Å². The summed E-state index contributed by atoms with van der Waals surface area (Å²) < 4.78 is 10.4. The van der Waals surface area contributed by atoms with Gasteiger partial charge < -0.3 is 14.5 Å². The van der Waals surface area contributed by atoms with Gasteiger partial charge in [0.05, 0.1) is 23.4 Å². The SMILES string of the molecule is COC(=O)c1ccc(-c2ccc(/C=C(/C#N)C(=O)Nc3ccccc3Cl)o2)cc1. The number of nitrogens with one attached hydrogen (secondary N) is 1. The maximum Gasteiger partial charge on any atom is 0.337 e. The molecular formula is C22H15ClN2O4. The van der Waals surface area contributed by atoms with Crippen LogP contribution in [0.25, 0.3) is 17.4 Å². The van der Waals surface area contributed by atoms with Crippen molar-refractivity contribution in [2.24, 2.45) is 0 Å². The zero-order chi connectivity index (χ0) is 20.8. The highest BCUT2D eigenvalue weighted by Gasteiger charge is 2.13. The number of esters is 1. The number of hydrogen-bond acceptors (Lipinski definition) is 5. The molecule has 0 unspecified atom stereocenters. The number of nitriles is 1. The van der Waals surface area contributed by atoms with Crippen molar-refractivity contribution in [2.75, 3.05) is 12.4 Å². The highest BCUT2D eigenvalue weighted by atomic mass is 35.5. The standard InChI is InChI=1S/C22H15ClN2O4/c1-28-22(27)15-8-6-14(7-9-15)20-11-10-17(29-20)12-16(13-24)21(26)25-19-5-3-2-4-18(19)23/h2-12H,1H3,(H,25,26)/b16-12-. The zero-order valence-corrected chi connectivity index (χ0v) is 16.1. The topological polar surface area (TPSA) is 92.3 Å². The first-order valence-electron chi connectivity index (χ1n) is 8.48. The summed E-state index contributed by atoms with van der Waals surface area (Å²) in [6.07, 6.45) is 1.35. The molecule has 6 nitrogen and oxygen atoms in total. The van der Waals surface area contributed by atoms with Crippen molar-refractivity contribution in [3.63, 3.8) is 0 Å². The van der Waals surface area contributed by atoms with Gasteiger partial charge in [0.15, 0.2) is 0 Å². The number of anilines is 1. The smallest absolute Gasteiger partial charge is 0.337 e. The second-order valence-corrected chi connectivity index (χ2v) is 6.28. The number of hydrogen-bond donors (Lipinski definition) is 1. The highest BCUT2D eigenvalue weighted by molar-refractivity contribution is 6.34. The summed E-state index contributed by atoms with van der Waals surface area (Å²) in [7, 11) is 1.32. The molecular weight excluding hydrogens is 392 g/mol. The fourth-order valence-corrected chi connectivity index (χ4v) is 2.70. The number of furan rings is 1. The number of nitrogens with zero attached hydrogens (tertiary/aromatic N) is 1. The van der Waals surface area contributed by atoms with Gasteiger partial charge >= 0.3 is 5.97 Å². The Morgan fingerprint density at radius 2 is 1.83 bits per heavy atom. The molecule has 0 saturated carbocycles. The first-order valence-corrected chi connectivity index (χ1v) is 8.86. The van der Waals surface area contributed by atoms with Gasteiger partial charge in [-0.2, -0.15) is 5.26 Å². The van der Waals surface area contributed by atoms with Crippen LogP contribution in [0, 0.1) is 11.3 Å². The largest absolute Gasteiger partial charge is 0.465 e. The molecule has 3 aromatic rings. The molecule has 0 radical (unpaired) electrons. The van der Waals surface area contributed by atoms with Crippen LogP contribution >= 0.6 is 11.6 Å². The molecule has 1 heterocycles. The summed E-state index contributed by atoms with van der Waals surface area (Å²) in [6, 6.07) is 18.6. The minimum Gasteiger partial charge on any atom is -0.465 e. The lowest BCUT2D eigenvalue weighted by Crippen LogP contribution is -2.13. The second-order valence-electron chi connectivity index (χ2n) is 5.87. The van der Waals surface area contributed by atoms with Crippen molar-refractivity contribution in [3.8, 4) is 17.4 Å². The van der Waals surface area contributed by atoms with Crippen LogP contribution in [0.1, 0.15) is 16.1 Å². The van der Waals surface area contributed by atoms with E-state index in [2.05, 4.69) is 10.1 Å². The molecule has 0 spiro atoms. The number of rotatable bonds is 5. The average Bonchev–Trinajstić information content (AvgIpc) is 3.21. The van der Waals surface area contributed by atoms with E-state index in [1.54, 1.807) is 60.7 Å². The fraction of sp³-hybridized carbons (Fsp3) is 0.0455. The minimum atomic E-state index is -0.596. The average molecular weight is 407 g/mol. The van der Waals surface area contributed by atoms with Gasteiger partial charge in [-0.1, -0.05) is 35.9 Å². The molecule has 1 amide bonds. The van der Waals surface area contributed by atoms with Crippen molar-refractivity contribution < 1.29 is 18.7 Å². The molecule has 1 N–H and O–H groups in total. The Balaban J connectivity index is 1.78. The van der Waals surface area contributed by atoms with Crippen LogP contribution in [0.4, 0.5) is 5.69 Å².